The van der Waals surface area contributed by atoms with E-state index in [9.17, 15) is 13.6 Å². The molecule has 120 valence electrons. The minimum atomic E-state index is -0.829. The second-order valence-corrected chi connectivity index (χ2v) is 5.03. The average molecular weight is 324 g/mol. The van der Waals surface area contributed by atoms with Gasteiger partial charge in [-0.2, -0.15) is 0 Å². The minimum Gasteiger partial charge on any atom is -0.302 e. The molecule has 0 unspecified atom stereocenters. The predicted molar refractivity (Wildman–Crippen MR) is 90.4 cm³/mol. The largest absolute Gasteiger partial charge is 0.331 e. The van der Waals surface area contributed by atoms with Gasteiger partial charge in [-0.05, 0) is 36.4 Å². The Morgan fingerprint density at radius 3 is 1.62 bits per heavy atom. The molecule has 2 amide bonds. The van der Waals surface area contributed by atoms with Crippen molar-refractivity contribution < 1.29 is 13.6 Å². The van der Waals surface area contributed by atoms with Gasteiger partial charge >= 0.3 is 6.03 Å². The monoisotopic (exact) mass is 324 g/mol. The molecule has 0 atom stereocenters. The van der Waals surface area contributed by atoms with Gasteiger partial charge in [-0.15, -0.1) is 0 Å². The lowest BCUT2D eigenvalue weighted by molar-refractivity contribution is 0.258. The van der Waals surface area contributed by atoms with Gasteiger partial charge in [0.05, 0.1) is 11.4 Å². The highest BCUT2D eigenvalue weighted by Gasteiger charge is 2.20. The van der Waals surface area contributed by atoms with Crippen LogP contribution in [0.2, 0.25) is 0 Å². The molecule has 0 aliphatic heterocycles. The normalized spacial score (nSPS) is 10.2. The number of halogens is 2. The summed E-state index contributed by atoms with van der Waals surface area (Å²) in [5.74, 6) is -1.66. The summed E-state index contributed by atoms with van der Waals surface area (Å²) in [6, 6.07) is 20.5. The van der Waals surface area contributed by atoms with Crippen molar-refractivity contribution in [2.24, 2.45) is 0 Å². The van der Waals surface area contributed by atoms with E-state index in [1.807, 2.05) is 12.1 Å². The fraction of sp³-hybridized carbons (Fsp3) is 0. The van der Waals surface area contributed by atoms with Gasteiger partial charge in [-0.1, -0.05) is 42.5 Å². The Morgan fingerprint density at radius 2 is 1.17 bits per heavy atom. The van der Waals surface area contributed by atoms with E-state index in [-0.39, 0.29) is 0 Å². The number of urea groups is 1. The highest BCUT2D eigenvalue weighted by molar-refractivity contribution is 6.07. The van der Waals surface area contributed by atoms with Crippen molar-refractivity contribution in [1.82, 2.24) is 0 Å². The molecular weight excluding hydrogens is 310 g/mol. The average Bonchev–Trinajstić information content (AvgIpc) is 2.60. The summed E-state index contributed by atoms with van der Waals surface area (Å²) in [6.07, 6.45) is 0. The van der Waals surface area contributed by atoms with Gasteiger partial charge in [-0.25, -0.2) is 13.6 Å². The molecule has 0 aromatic heterocycles. The molecule has 0 radical (unpaired) electrons. The zero-order chi connectivity index (χ0) is 16.9. The first kappa shape index (κ1) is 15.7. The highest BCUT2D eigenvalue weighted by Crippen LogP contribution is 2.27. The fourth-order valence-electron chi connectivity index (χ4n) is 2.32. The number of rotatable bonds is 3. The van der Waals surface area contributed by atoms with Crippen LogP contribution in [0.5, 0.6) is 0 Å². The molecule has 3 rings (SSSR count). The fourth-order valence-corrected chi connectivity index (χ4v) is 2.32. The number of carbonyl (C=O) groups excluding carboxylic acids is 1. The van der Waals surface area contributed by atoms with Gasteiger partial charge in [-0.3, -0.25) is 4.90 Å². The molecular formula is C19H14F2N2O. The van der Waals surface area contributed by atoms with Crippen LogP contribution in [0.1, 0.15) is 0 Å². The number of para-hydroxylation sites is 3. The zero-order valence-electron chi connectivity index (χ0n) is 12.6. The van der Waals surface area contributed by atoms with E-state index >= 15 is 0 Å². The summed E-state index contributed by atoms with van der Waals surface area (Å²) >= 11 is 0. The van der Waals surface area contributed by atoms with Crippen molar-refractivity contribution in [2.45, 2.75) is 0 Å². The molecule has 3 nitrogen and oxygen atoms in total. The van der Waals surface area contributed by atoms with E-state index in [2.05, 4.69) is 5.32 Å². The first-order chi connectivity index (χ1) is 11.7. The number of benzene rings is 3. The Balaban J connectivity index is 1.99. The number of anilines is 3. The van der Waals surface area contributed by atoms with Gasteiger partial charge < -0.3 is 5.32 Å². The maximum atomic E-state index is 13.8. The van der Waals surface area contributed by atoms with Crippen LogP contribution in [0.4, 0.5) is 30.6 Å². The maximum absolute atomic E-state index is 13.8. The highest BCUT2D eigenvalue weighted by atomic mass is 19.1. The van der Waals surface area contributed by atoms with Crippen LogP contribution in [0.3, 0.4) is 0 Å². The van der Waals surface area contributed by atoms with E-state index in [0.29, 0.717) is 11.4 Å². The molecule has 0 heterocycles. The van der Waals surface area contributed by atoms with Gasteiger partial charge in [0, 0.05) is 0 Å². The molecule has 0 aliphatic carbocycles. The second-order valence-electron chi connectivity index (χ2n) is 5.03. The van der Waals surface area contributed by atoms with Crippen molar-refractivity contribution in [3.63, 3.8) is 0 Å². The number of nitrogens with zero attached hydrogens (tertiary/aromatic N) is 1. The SMILES string of the molecule is O=C(Nc1c(F)cccc1F)N(c1ccccc1)c1ccccc1. The summed E-state index contributed by atoms with van der Waals surface area (Å²) in [6.45, 7) is 0. The van der Waals surface area contributed by atoms with Crippen molar-refractivity contribution in [3.8, 4) is 0 Å². The molecule has 0 aliphatic rings. The van der Waals surface area contributed by atoms with Gasteiger partial charge in [0.15, 0.2) is 0 Å². The smallest absolute Gasteiger partial charge is 0.302 e. The summed E-state index contributed by atoms with van der Waals surface area (Å²) in [4.78, 5) is 14.1. The number of nitrogens with one attached hydrogen (secondary N) is 1. The summed E-state index contributed by atoms with van der Waals surface area (Å²) in [7, 11) is 0. The van der Waals surface area contributed by atoms with Crippen LogP contribution in [-0.2, 0) is 0 Å². The van der Waals surface area contributed by atoms with E-state index in [0.717, 1.165) is 12.1 Å². The van der Waals surface area contributed by atoms with E-state index in [1.165, 1.54) is 11.0 Å². The van der Waals surface area contributed by atoms with E-state index in [1.54, 1.807) is 48.5 Å². The van der Waals surface area contributed by atoms with Crippen LogP contribution < -0.4 is 10.2 Å². The Morgan fingerprint density at radius 1 is 0.708 bits per heavy atom. The van der Waals surface area contributed by atoms with E-state index in [4.69, 9.17) is 0 Å². The Bertz CT molecular complexity index is 779. The molecule has 3 aromatic carbocycles. The molecule has 1 N–H and O–H groups in total. The lowest BCUT2D eigenvalue weighted by Gasteiger charge is -2.23. The van der Waals surface area contributed by atoms with E-state index < -0.39 is 23.4 Å². The van der Waals surface area contributed by atoms with Gasteiger partial charge in [0.25, 0.3) is 0 Å². The van der Waals surface area contributed by atoms with Crippen LogP contribution in [-0.4, -0.2) is 6.03 Å². The molecule has 0 spiro atoms. The summed E-state index contributed by atoms with van der Waals surface area (Å²) < 4.78 is 27.6. The summed E-state index contributed by atoms with van der Waals surface area (Å²) in [5.41, 5.74) is 0.690. The molecule has 24 heavy (non-hydrogen) atoms. The Hall–Kier alpha value is -3.21. The first-order valence-corrected chi connectivity index (χ1v) is 7.32. The number of hydrogen-bond donors (Lipinski definition) is 1. The molecule has 5 heteroatoms. The quantitative estimate of drug-likeness (QED) is 0.693. The standard InChI is InChI=1S/C19H14F2N2O/c20-16-12-7-13-17(21)18(16)22-19(24)23(14-8-3-1-4-9-14)15-10-5-2-6-11-15/h1-13H,(H,22,24). The number of hydrogen-bond acceptors (Lipinski definition) is 1. The topological polar surface area (TPSA) is 32.3 Å². The molecule has 3 aromatic rings. The third kappa shape index (κ3) is 3.25. The molecule has 0 saturated heterocycles. The van der Waals surface area contributed by atoms with Crippen LogP contribution in [0.25, 0.3) is 0 Å². The summed E-state index contributed by atoms with van der Waals surface area (Å²) in [5, 5.41) is 2.31. The second kappa shape index (κ2) is 6.91. The van der Waals surface area contributed by atoms with Crippen LogP contribution in [0.15, 0.2) is 78.9 Å². The van der Waals surface area contributed by atoms with Crippen LogP contribution in [0, 0.1) is 11.6 Å². The Kier molecular flexibility index (Phi) is 4.52. The molecule has 0 fully saturated rings. The van der Waals surface area contributed by atoms with Gasteiger partial charge in [0.2, 0.25) is 0 Å². The number of amides is 2. The zero-order valence-corrected chi connectivity index (χ0v) is 12.6. The van der Waals surface area contributed by atoms with Crippen molar-refractivity contribution in [2.75, 3.05) is 10.2 Å². The predicted octanol–water partition coefficient (Wildman–Crippen LogP) is 5.34. The maximum Gasteiger partial charge on any atom is 0.331 e. The van der Waals surface area contributed by atoms with Gasteiger partial charge in [0.1, 0.15) is 17.3 Å². The van der Waals surface area contributed by atoms with Crippen molar-refractivity contribution >= 4 is 23.1 Å². The van der Waals surface area contributed by atoms with Crippen LogP contribution >= 0.6 is 0 Å². The minimum absolute atomic E-state index is 0.473. The third-order valence-corrected chi connectivity index (χ3v) is 3.43. The Labute approximate surface area is 138 Å². The number of carbonyl (C=O) groups is 1. The molecule has 0 saturated carbocycles. The lowest BCUT2D eigenvalue weighted by atomic mass is 10.2. The van der Waals surface area contributed by atoms with Crippen molar-refractivity contribution in [3.05, 3.63) is 90.5 Å². The third-order valence-electron chi connectivity index (χ3n) is 3.43. The molecule has 0 bridgehead atoms. The lowest BCUT2D eigenvalue weighted by Crippen LogP contribution is -2.31. The first-order valence-electron chi connectivity index (χ1n) is 7.32. The van der Waals surface area contributed by atoms with Crippen molar-refractivity contribution in [1.29, 1.82) is 0 Å².